The van der Waals surface area contributed by atoms with Crippen LogP contribution in [0.15, 0.2) is 78.4 Å². The van der Waals surface area contributed by atoms with E-state index < -0.39 is 17.7 Å². The number of benzene rings is 3. The van der Waals surface area contributed by atoms with Gasteiger partial charge in [-0.25, -0.2) is 0 Å². The first-order valence-electron chi connectivity index (χ1n) is 11.8. The lowest BCUT2D eigenvalue weighted by atomic mass is 9.87. The van der Waals surface area contributed by atoms with E-state index in [9.17, 15) is 14.7 Å². The van der Waals surface area contributed by atoms with Crippen LogP contribution < -0.4 is 9.64 Å². The highest BCUT2D eigenvalue weighted by Gasteiger charge is 2.47. The van der Waals surface area contributed by atoms with E-state index in [0.29, 0.717) is 17.0 Å². The summed E-state index contributed by atoms with van der Waals surface area (Å²) >= 11 is 0. The third-order valence-corrected chi connectivity index (χ3v) is 6.52. The number of ether oxygens (including phenoxy) is 1. The molecule has 1 amide bonds. The summed E-state index contributed by atoms with van der Waals surface area (Å²) in [5.74, 6) is -1.22. The quantitative estimate of drug-likeness (QED) is 0.275. The smallest absolute Gasteiger partial charge is 0.300 e. The zero-order valence-electron chi connectivity index (χ0n) is 20.8. The van der Waals surface area contributed by atoms with Gasteiger partial charge in [-0.2, -0.15) is 0 Å². The fourth-order valence-electron chi connectivity index (χ4n) is 4.46. The minimum absolute atomic E-state index is 0.0450. The van der Waals surface area contributed by atoms with Crippen molar-refractivity contribution in [1.82, 2.24) is 0 Å². The summed E-state index contributed by atoms with van der Waals surface area (Å²) in [5, 5.41) is 11.4. The van der Waals surface area contributed by atoms with E-state index in [0.717, 1.165) is 23.1 Å². The second-order valence-corrected chi connectivity index (χ2v) is 9.76. The molecule has 0 spiro atoms. The fraction of sp³-hybridized carbons (Fsp3) is 0.267. The molecule has 1 aliphatic heterocycles. The molecule has 0 aliphatic carbocycles. The van der Waals surface area contributed by atoms with Crippen LogP contribution >= 0.6 is 0 Å². The molecule has 3 aromatic carbocycles. The highest BCUT2D eigenvalue weighted by atomic mass is 16.5. The third-order valence-electron chi connectivity index (χ3n) is 6.52. The highest BCUT2D eigenvalue weighted by Crippen LogP contribution is 2.43. The van der Waals surface area contributed by atoms with Gasteiger partial charge in [0.15, 0.2) is 0 Å². The van der Waals surface area contributed by atoms with Gasteiger partial charge in [0.1, 0.15) is 11.5 Å². The van der Waals surface area contributed by atoms with E-state index in [2.05, 4.69) is 27.7 Å². The number of methoxy groups -OCH3 is 1. The number of para-hydroxylation sites is 1. The Bertz CT molecular complexity index is 1280. The minimum atomic E-state index is -0.772. The van der Waals surface area contributed by atoms with Crippen LogP contribution in [0.4, 0.5) is 5.69 Å². The molecule has 1 saturated heterocycles. The summed E-state index contributed by atoms with van der Waals surface area (Å²) in [5.41, 5.74) is 3.98. The second kappa shape index (κ2) is 9.41. The molecule has 0 radical (unpaired) electrons. The predicted molar refractivity (Wildman–Crippen MR) is 139 cm³/mol. The molecule has 5 nitrogen and oxygen atoms in total. The normalized spacial score (nSPS) is 17.6. The monoisotopic (exact) mass is 469 g/mol. The van der Waals surface area contributed by atoms with Gasteiger partial charge in [-0.3, -0.25) is 14.5 Å². The molecule has 5 heteroatoms. The van der Waals surface area contributed by atoms with Gasteiger partial charge in [0.25, 0.3) is 11.7 Å². The molecular weight excluding hydrogens is 438 g/mol. The van der Waals surface area contributed by atoms with Crippen molar-refractivity contribution in [3.63, 3.8) is 0 Å². The van der Waals surface area contributed by atoms with Crippen LogP contribution in [0.2, 0.25) is 0 Å². The zero-order chi connectivity index (χ0) is 25.3. The summed E-state index contributed by atoms with van der Waals surface area (Å²) in [6.07, 6.45) is 0.871. The summed E-state index contributed by atoms with van der Waals surface area (Å²) in [6, 6.07) is 21.6. The second-order valence-electron chi connectivity index (χ2n) is 9.76. The third kappa shape index (κ3) is 4.46. The molecule has 0 aromatic heterocycles. The summed E-state index contributed by atoms with van der Waals surface area (Å²) in [4.78, 5) is 28.3. The van der Waals surface area contributed by atoms with Gasteiger partial charge in [0.05, 0.1) is 24.3 Å². The number of carbonyl (C=O) groups is 2. The van der Waals surface area contributed by atoms with Gasteiger partial charge in [-0.1, -0.05) is 76.2 Å². The van der Waals surface area contributed by atoms with Crippen molar-refractivity contribution < 1.29 is 19.4 Å². The maximum absolute atomic E-state index is 13.4. The first kappa shape index (κ1) is 24.3. The molecule has 35 heavy (non-hydrogen) atoms. The first-order valence-corrected chi connectivity index (χ1v) is 11.8. The van der Waals surface area contributed by atoms with Gasteiger partial charge < -0.3 is 9.84 Å². The van der Waals surface area contributed by atoms with Crippen molar-refractivity contribution in [2.45, 2.75) is 45.6 Å². The number of ketones is 1. The Morgan fingerprint density at radius 3 is 2.14 bits per heavy atom. The van der Waals surface area contributed by atoms with E-state index in [1.54, 1.807) is 24.3 Å². The van der Waals surface area contributed by atoms with Crippen LogP contribution in [-0.4, -0.2) is 23.9 Å². The van der Waals surface area contributed by atoms with Crippen molar-refractivity contribution in [3.05, 3.63) is 101 Å². The Kier molecular flexibility index (Phi) is 6.53. The maximum atomic E-state index is 13.4. The Morgan fingerprint density at radius 2 is 1.57 bits per heavy atom. The number of nitrogens with zero attached hydrogens (tertiary/aromatic N) is 1. The standard InChI is InChI=1S/C30H31NO4/c1-6-19-11-13-20(14-12-19)26-25(27(32)23-9-7-8-10-24(23)35-5)28(33)29(34)31(26)22-17-15-21(16-18-22)30(2,3)4/h7-18,26,32H,6H2,1-5H3/b27-25+. The SMILES string of the molecule is CCc1ccc(C2/C(=C(\O)c3ccccc3OC)C(=O)C(=O)N2c2ccc(C(C)(C)C)cc2)cc1. The molecule has 1 atom stereocenters. The lowest BCUT2D eigenvalue weighted by molar-refractivity contribution is -0.132. The number of aryl methyl sites for hydroxylation is 1. The van der Waals surface area contributed by atoms with Crippen molar-refractivity contribution in [2.24, 2.45) is 0 Å². The van der Waals surface area contributed by atoms with Crippen LogP contribution in [0.3, 0.4) is 0 Å². The van der Waals surface area contributed by atoms with Crippen LogP contribution in [0.5, 0.6) is 5.75 Å². The maximum Gasteiger partial charge on any atom is 0.300 e. The van der Waals surface area contributed by atoms with Crippen molar-refractivity contribution >= 4 is 23.1 Å². The molecule has 1 aliphatic rings. The Labute approximate surface area is 206 Å². The molecule has 3 aromatic rings. The summed E-state index contributed by atoms with van der Waals surface area (Å²) in [6.45, 7) is 8.43. The molecule has 1 unspecified atom stereocenters. The number of aliphatic hydroxyl groups is 1. The van der Waals surface area contributed by atoms with Crippen molar-refractivity contribution in [1.29, 1.82) is 0 Å². The lowest BCUT2D eigenvalue weighted by Gasteiger charge is -2.27. The van der Waals surface area contributed by atoms with E-state index in [1.165, 1.54) is 12.0 Å². The largest absolute Gasteiger partial charge is 0.507 e. The number of carbonyl (C=O) groups excluding carboxylic acids is 2. The van der Waals surface area contributed by atoms with Gasteiger partial charge in [-0.15, -0.1) is 0 Å². The van der Waals surface area contributed by atoms with E-state index in [1.807, 2.05) is 48.5 Å². The fourth-order valence-corrected chi connectivity index (χ4v) is 4.46. The van der Waals surface area contributed by atoms with Crippen LogP contribution in [0.25, 0.3) is 5.76 Å². The average Bonchev–Trinajstić information content (AvgIpc) is 3.13. The highest BCUT2D eigenvalue weighted by molar-refractivity contribution is 6.51. The Morgan fingerprint density at radius 1 is 0.943 bits per heavy atom. The molecule has 1 heterocycles. The molecule has 1 N–H and O–H groups in total. The van der Waals surface area contributed by atoms with Gasteiger partial charge >= 0.3 is 0 Å². The van der Waals surface area contributed by atoms with E-state index >= 15 is 0 Å². The number of Topliss-reactive ketones (excluding diaryl/α,β-unsaturated/α-hetero) is 1. The number of anilines is 1. The van der Waals surface area contributed by atoms with Crippen molar-refractivity contribution in [2.75, 3.05) is 12.0 Å². The van der Waals surface area contributed by atoms with Gasteiger partial charge in [0, 0.05) is 5.69 Å². The van der Waals surface area contributed by atoms with Crippen LogP contribution in [0, 0.1) is 0 Å². The summed E-state index contributed by atoms with van der Waals surface area (Å²) in [7, 11) is 1.50. The topological polar surface area (TPSA) is 66.8 Å². The minimum Gasteiger partial charge on any atom is -0.507 e. The Hall–Kier alpha value is -3.86. The number of amides is 1. The van der Waals surface area contributed by atoms with Gasteiger partial charge in [0.2, 0.25) is 0 Å². The molecular formula is C30H31NO4. The van der Waals surface area contributed by atoms with E-state index in [4.69, 9.17) is 4.74 Å². The molecule has 4 rings (SSSR count). The predicted octanol–water partition coefficient (Wildman–Crippen LogP) is 6.18. The number of rotatable bonds is 5. The zero-order valence-corrected chi connectivity index (χ0v) is 20.8. The number of aliphatic hydroxyl groups excluding tert-OH is 1. The van der Waals surface area contributed by atoms with E-state index in [-0.39, 0.29) is 16.7 Å². The molecule has 1 fully saturated rings. The molecule has 0 saturated carbocycles. The Balaban J connectivity index is 1.92. The average molecular weight is 470 g/mol. The van der Waals surface area contributed by atoms with Crippen LogP contribution in [0.1, 0.15) is 56.0 Å². The summed E-state index contributed by atoms with van der Waals surface area (Å²) < 4.78 is 5.41. The first-order chi connectivity index (χ1) is 16.7. The van der Waals surface area contributed by atoms with Crippen LogP contribution in [-0.2, 0) is 21.4 Å². The molecule has 0 bridgehead atoms. The van der Waals surface area contributed by atoms with Crippen molar-refractivity contribution in [3.8, 4) is 5.75 Å². The lowest BCUT2D eigenvalue weighted by Crippen LogP contribution is -2.29. The number of hydrogen-bond donors (Lipinski definition) is 1. The molecule has 180 valence electrons. The number of hydrogen-bond acceptors (Lipinski definition) is 4. The van der Waals surface area contributed by atoms with Gasteiger partial charge in [-0.05, 0) is 52.8 Å².